The zero-order chi connectivity index (χ0) is 17.9. The third-order valence-electron chi connectivity index (χ3n) is 3.09. The molecule has 0 heterocycles. The Morgan fingerprint density at radius 1 is 1.38 bits per heavy atom. The molecule has 1 rings (SSSR count). The summed E-state index contributed by atoms with van der Waals surface area (Å²) < 4.78 is 5.17. The van der Waals surface area contributed by atoms with E-state index in [0.29, 0.717) is 37.6 Å². The van der Waals surface area contributed by atoms with Crippen LogP contribution >= 0.6 is 0 Å². The third kappa shape index (κ3) is 6.10. The van der Waals surface area contributed by atoms with Gasteiger partial charge in [-0.15, -0.1) is 0 Å². The van der Waals surface area contributed by atoms with E-state index in [1.165, 1.54) is 18.0 Å². The molecule has 2 amide bonds. The van der Waals surface area contributed by atoms with Gasteiger partial charge in [0.1, 0.15) is 11.6 Å². The Labute approximate surface area is 141 Å². The molecule has 3 N–H and O–H groups in total. The molecule has 0 radical (unpaired) electrons. The van der Waals surface area contributed by atoms with Gasteiger partial charge in [0.25, 0.3) is 5.91 Å². The van der Waals surface area contributed by atoms with Crippen LogP contribution in [-0.4, -0.2) is 31.6 Å². The average molecular weight is 330 g/mol. The fraction of sp³-hybridized carbons (Fsp3) is 0.353. The molecule has 0 aliphatic rings. The van der Waals surface area contributed by atoms with Gasteiger partial charge in [0.05, 0.1) is 0 Å². The number of nitrogens with zero attached hydrogens (tertiary/aromatic N) is 2. The van der Waals surface area contributed by atoms with Crippen molar-refractivity contribution >= 4 is 23.2 Å². The van der Waals surface area contributed by atoms with Crippen LogP contribution in [0.5, 0.6) is 0 Å². The van der Waals surface area contributed by atoms with Gasteiger partial charge in [-0.25, -0.2) is 0 Å². The molecule has 0 aromatic heterocycles. The van der Waals surface area contributed by atoms with Gasteiger partial charge >= 0.3 is 0 Å². The summed E-state index contributed by atoms with van der Waals surface area (Å²) in [6.07, 6.45) is 1.87. The summed E-state index contributed by atoms with van der Waals surface area (Å²) in [4.78, 5) is 25.1. The average Bonchev–Trinajstić information content (AvgIpc) is 2.56. The second-order valence-electron chi connectivity index (χ2n) is 4.94. The highest BCUT2D eigenvalue weighted by Gasteiger charge is 2.14. The van der Waals surface area contributed by atoms with E-state index in [9.17, 15) is 14.9 Å². The quantitative estimate of drug-likeness (QED) is 0.325. The van der Waals surface area contributed by atoms with Crippen molar-refractivity contribution in [2.75, 3.05) is 30.4 Å². The zero-order valence-electron chi connectivity index (χ0n) is 13.9. The molecule has 7 heteroatoms. The van der Waals surface area contributed by atoms with Gasteiger partial charge in [-0.05, 0) is 37.6 Å². The molecule has 0 fully saturated rings. The Morgan fingerprint density at radius 3 is 2.58 bits per heavy atom. The van der Waals surface area contributed by atoms with E-state index >= 15 is 0 Å². The zero-order valence-corrected chi connectivity index (χ0v) is 13.9. The highest BCUT2D eigenvalue weighted by atomic mass is 16.5. The van der Waals surface area contributed by atoms with E-state index in [4.69, 9.17) is 10.5 Å². The topological polar surface area (TPSA) is 108 Å². The molecule has 0 saturated heterocycles. The minimum Gasteiger partial charge on any atom is -0.399 e. The van der Waals surface area contributed by atoms with Crippen LogP contribution in [0.15, 0.2) is 36.0 Å². The molecular weight excluding hydrogens is 308 g/mol. The number of hydrogen-bond acceptors (Lipinski definition) is 5. The number of amides is 2. The smallest absolute Gasteiger partial charge is 0.263 e. The van der Waals surface area contributed by atoms with Crippen LogP contribution in [0.4, 0.5) is 11.4 Å². The van der Waals surface area contributed by atoms with Crippen molar-refractivity contribution in [1.82, 2.24) is 5.32 Å². The highest BCUT2D eigenvalue weighted by Crippen LogP contribution is 2.18. The normalized spacial score (nSPS) is 10.8. The minimum absolute atomic E-state index is 0.154. The van der Waals surface area contributed by atoms with Gasteiger partial charge in [-0.3, -0.25) is 14.5 Å². The molecule has 0 aliphatic carbocycles. The van der Waals surface area contributed by atoms with Gasteiger partial charge in [0.15, 0.2) is 0 Å². The molecule has 0 saturated carbocycles. The third-order valence-corrected chi connectivity index (χ3v) is 3.09. The van der Waals surface area contributed by atoms with Crippen LogP contribution < -0.4 is 16.0 Å². The molecule has 1 aromatic carbocycles. The second kappa shape index (κ2) is 10.0. The molecule has 128 valence electrons. The van der Waals surface area contributed by atoms with Gasteiger partial charge in [0, 0.05) is 44.3 Å². The van der Waals surface area contributed by atoms with Crippen molar-refractivity contribution in [2.24, 2.45) is 0 Å². The van der Waals surface area contributed by atoms with Crippen LogP contribution in [0.3, 0.4) is 0 Å². The maximum absolute atomic E-state index is 12.0. The fourth-order valence-electron chi connectivity index (χ4n) is 1.87. The number of ether oxygens (including phenoxy) is 1. The van der Waals surface area contributed by atoms with Crippen LogP contribution in [-0.2, 0) is 14.3 Å². The van der Waals surface area contributed by atoms with Crippen LogP contribution in [0.1, 0.15) is 20.3 Å². The summed E-state index contributed by atoms with van der Waals surface area (Å²) in [5.41, 5.74) is 6.54. The number of nitriles is 1. The fourth-order valence-corrected chi connectivity index (χ4v) is 1.87. The summed E-state index contributed by atoms with van der Waals surface area (Å²) in [6, 6.07) is 8.38. The molecular formula is C17H22N4O3. The number of nitrogens with two attached hydrogens (primary N) is 1. The largest absolute Gasteiger partial charge is 0.399 e. The first-order valence-corrected chi connectivity index (χ1v) is 7.62. The van der Waals surface area contributed by atoms with E-state index in [1.807, 2.05) is 13.0 Å². The summed E-state index contributed by atoms with van der Waals surface area (Å²) in [5.74, 6) is -0.854. The van der Waals surface area contributed by atoms with E-state index in [-0.39, 0.29) is 11.5 Å². The van der Waals surface area contributed by atoms with Gasteiger partial charge in [-0.2, -0.15) is 5.26 Å². The van der Waals surface area contributed by atoms with Crippen molar-refractivity contribution in [1.29, 1.82) is 5.26 Å². The number of nitrogen functional groups attached to an aromatic ring is 1. The van der Waals surface area contributed by atoms with Gasteiger partial charge in [-0.1, -0.05) is 0 Å². The number of anilines is 2. The number of carbonyl (C=O) groups is 2. The Hall–Kier alpha value is -2.85. The summed E-state index contributed by atoms with van der Waals surface area (Å²) >= 11 is 0. The SMILES string of the molecule is CCOCCCNC(=O)/C(C#N)=C\N(C(C)=O)c1ccc(N)cc1. The van der Waals surface area contributed by atoms with E-state index < -0.39 is 5.91 Å². The van der Waals surface area contributed by atoms with Crippen LogP contribution in [0.2, 0.25) is 0 Å². The number of benzene rings is 1. The maximum atomic E-state index is 12.0. The molecule has 1 aromatic rings. The lowest BCUT2D eigenvalue weighted by molar-refractivity contribution is -0.117. The van der Waals surface area contributed by atoms with Crippen molar-refractivity contribution in [3.05, 3.63) is 36.0 Å². The standard InChI is InChI=1S/C17H22N4O3/c1-3-24-10-4-9-20-17(23)14(11-18)12-21(13(2)22)16-7-5-15(19)6-8-16/h5-8,12H,3-4,9-10,19H2,1-2H3,(H,20,23)/b14-12-. The Morgan fingerprint density at radius 2 is 2.04 bits per heavy atom. The number of hydrogen-bond donors (Lipinski definition) is 2. The Bertz CT molecular complexity index is 632. The first-order chi connectivity index (χ1) is 11.5. The van der Waals surface area contributed by atoms with Crippen molar-refractivity contribution in [3.8, 4) is 6.07 Å². The van der Waals surface area contributed by atoms with Gasteiger partial charge in [0.2, 0.25) is 5.91 Å². The summed E-state index contributed by atoms with van der Waals surface area (Å²) in [5, 5.41) is 11.8. The Balaban J connectivity index is 2.82. The molecule has 24 heavy (non-hydrogen) atoms. The second-order valence-corrected chi connectivity index (χ2v) is 4.94. The molecule has 0 unspecified atom stereocenters. The molecule has 0 atom stereocenters. The summed E-state index contributed by atoms with van der Waals surface area (Å²) in [7, 11) is 0. The van der Waals surface area contributed by atoms with E-state index in [2.05, 4.69) is 5.32 Å². The lowest BCUT2D eigenvalue weighted by Gasteiger charge is -2.17. The molecule has 0 spiro atoms. The van der Waals surface area contributed by atoms with Crippen LogP contribution in [0, 0.1) is 11.3 Å². The summed E-state index contributed by atoms with van der Waals surface area (Å²) in [6.45, 7) is 4.78. The monoisotopic (exact) mass is 330 g/mol. The van der Waals surface area contributed by atoms with Crippen LogP contribution in [0.25, 0.3) is 0 Å². The number of rotatable bonds is 8. The van der Waals surface area contributed by atoms with Gasteiger partial charge < -0.3 is 15.8 Å². The Kier molecular flexibility index (Phi) is 8.02. The lowest BCUT2D eigenvalue weighted by Crippen LogP contribution is -2.29. The van der Waals surface area contributed by atoms with Crippen molar-refractivity contribution in [2.45, 2.75) is 20.3 Å². The van der Waals surface area contributed by atoms with E-state index in [0.717, 1.165) is 0 Å². The number of nitrogens with one attached hydrogen (secondary N) is 1. The van der Waals surface area contributed by atoms with Crippen molar-refractivity contribution in [3.63, 3.8) is 0 Å². The molecule has 0 bridgehead atoms. The first kappa shape index (κ1) is 19.2. The van der Waals surface area contributed by atoms with E-state index in [1.54, 1.807) is 24.3 Å². The van der Waals surface area contributed by atoms with Crippen molar-refractivity contribution < 1.29 is 14.3 Å². The predicted octanol–water partition coefficient (Wildman–Crippen LogP) is 1.57. The molecule has 0 aliphatic heterocycles. The first-order valence-electron chi connectivity index (χ1n) is 7.62. The highest BCUT2D eigenvalue weighted by molar-refractivity contribution is 6.01. The maximum Gasteiger partial charge on any atom is 0.263 e. The lowest BCUT2D eigenvalue weighted by atomic mass is 10.2. The minimum atomic E-state index is -0.532. The molecule has 7 nitrogen and oxygen atoms in total. The predicted molar refractivity (Wildman–Crippen MR) is 91.8 cm³/mol. The number of carbonyl (C=O) groups excluding carboxylic acids is 2.